The normalized spacial score (nSPS) is 19.5. The van der Waals surface area contributed by atoms with Crippen molar-refractivity contribution in [3.05, 3.63) is 30.3 Å². The van der Waals surface area contributed by atoms with Gasteiger partial charge in [0.05, 0.1) is 5.75 Å². The van der Waals surface area contributed by atoms with Gasteiger partial charge in [-0.1, -0.05) is 18.2 Å². The number of piperidine rings is 1. The van der Waals surface area contributed by atoms with Crippen molar-refractivity contribution >= 4 is 57.4 Å². The van der Waals surface area contributed by atoms with Crippen LogP contribution in [0.3, 0.4) is 0 Å². The number of thioether (sulfide) groups is 1. The van der Waals surface area contributed by atoms with Crippen molar-refractivity contribution in [2.45, 2.75) is 18.9 Å². The Morgan fingerprint density at radius 3 is 2.41 bits per heavy atom. The molecule has 2 aliphatic rings. The van der Waals surface area contributed by atoms with Crippen LogP contribution in [0.15, 0.2) is 35.3 Å². The minimum absolute atomic E-state index is 0. The molecule has 10 heteroatoms. The molecule has 2 saturated heterocycles. The maximum Gasteiger partial charge on any atom is 0.215 e. The summed E-state index contributed by atoms with van der Waals surface area (Å²) in [6, 6.07) is 10.8. The monoisotopic (exact) mass is 553 g/mol. The number of nitrogens with one attached hydrogen (secondary N) is 2. The highest BCUT2D eigenvalue weighted by Gasteiger charge is 2.24. The van der Waals surface area contributed by atoms with Gasteiger partial charge in [-0.2, -0.15) is 11.8 Å². The first-order chi connectivity index (χ1) is 13.6. The molecule has 0 aliphatic carbocycles. The summed E-state index contributed by atoms with van der Waals surface area (Å²) in [6.07, 6.45) is 2.05. The third kappa shape index (κ3) is 7.48. The molecule has 2 N–H and O–H groups in total. The summed E-state index contributed by atoms with van der Waals surface area (Å²) in [7, 11) is -1.46. The fourth-order valence-corrected chi connectivity index (χ4v) is 6.05. The molecule has 0 radical (unpaired) electrons. The van der Waals surface area contributed by atoms with E-state index in [2.05, 4.69) is 44.8 Å². The Bertz CT molecular complexity index is 734. The van der Waals surface area contributed by atoms with Crippen molar-refractivity contribution in [2.75, 3.05) is 61.9 Å². The average molecular weight is 554 g/mol. The zero-order chi connectivity index (χ0) is 19.8. The SMILES string of the molecule is CN=C(NCCS(=O)(=O)N1CCSCC1)NC1CCN(c2ccccc2)CC1.I. The minimum atomic E-state index is -3.19. The van der Waals surface area contributed by atoms with Gasteiger partial charge in [-0.05, 0) is 25.0 Å². The lowest BCUT2D eigenvalue weighted by Crippen LogP contribution is -2.50. The van der Waals surface area contributed by atoms with Gasteiger partial charge in [-0.25, -0.2) is 12.7 Å². The molecule has 1 aromatic carbocycles. The number of para-hydroxylation sites is 1. The molecule has 0 atom stereocenters. The van der Waals surface area contributed by atoms with Crippen molar-refractivity contribution in [1.82, 2.24) is 14.9 Å². The number of sulfonamides is 1. The molecular formula is C19H32IN5O2S2. The number of hydrogen-bond acceptors (Lipinski definition) is 5. The summed E-state index contributed by atoms with van der Waals surface area (Å²) >= 11 is 1.81. The quantitative estimate of drug-likeness (QED) is 0.318. The number of rotatable bonds is 6. The minimum Gasteiger partial charge on any atom is -0.371 e. The molecule has 0 bridgehead atoms. The highest BCUT2D eigenvalue weighted by Crippen LogP contribution is 2.19. The van der Waals surface area contributed by atoms with E-state index >= 15 is 0 Å². The maximum atomic E-state index is 12.4. The second kappa shape index (κ2) is 12.2. The second-order valence-electron chi connectivity index (χ2n) is 7.07. The van der Waals surface area contributed by atoms with Crippen LogP contribution < -0.4 is 15.5 Å². The summed E-state index contributed by atoms with van der Waals surface area (Å²) in [5.74, 6) is 2.56. The van der Waals surface area contributed by atoms with Crippen LogP contribution in [0.4, 0.5) is 5.69 Å². The standard InChI is InChI=1S/C19H31N5O2S2.HI/c1-20-19(21-9-16-28(25,26)24-12-14-27-15-13-24)22-17-7-10-23(11-8-17)18-5-3-2-4-6-18;/h2-6,17H,7-16H2,1H3,(H2,20,21,22);1H. The summed E-state index contributed by atoms with van der Waals surface area (Å²) in [6.45, 7) is 3.62. The first-order valence-electron chi connectivity index (χ1n) is 9.91. The predicted octanol–water partition coefficient (Wildman–Crippen LogP) is 1.82. The molecule has 2 aliphatic heterocycles. The van der Waals surface area contributed by atoms with Crippen molar-refractivity contribution in [3.8, 4) is 0 Å². The van der Waals surface area contributed by atoms with E-state index in [1.165, 1.54) is 5.69 Å². The summed E-state index contributed by atoms with van der Waals surface area (Å²) < 4.78 is 26.5. The first-order valence-corrected chi connectivity index (χ1v) is 12.7. The van der Waals surface area contributed by atoms with Gasteiger partial charge < -0.3 is 15.5 Å². The molecule has 3 rings (SSSR count). The molecule has 0 spiro atoms. The van der Waals surface area contributed by atoms with E-state index in [9.17, 15) is 8.42 Å². The smallest absolute Gasteiger partial charge is 0.215 e. The van der Waals surface area contributed by atoms with Crippen molar-refractivity contribution in [3.63, 3.8) is 0 Å². The highest BCUT2D eigenvalue weighted by molar-refractivity contribution is 14.0. The molecule has 2 fully saturated rings. The Morgan fingerprint density at radius 1 is 1.14 bits per heavy atom. The number of nitrogens with zero attached hydrogens (tertiary/aromatic N) is 3. The molecule has 2 heterocycles. The number of anilines is 1. The van der Waals surface area contributed by atoms with Gasteiger partial charge in [0.2, 0.25) is 10.0 Å². The van der Waals surface area contributed by atoms with E-state index in [1.54, 1.807) is 11.4 Å². The van der Waals surface area contributed by atoms with Gasteiger partial charge in [0.15, 0.2) is 5.96 Å². The second-order valence-corrected chi connectivity index (χ2v) is 10.4. The number of aliphatic imine (C=N–C) groups is 1. The molecule has 0 unspecified atom stereocenters. The summed E-state index contributed by atoms with van der Waals surface area (Å²) in [4.78, 5) is 6.66. The third-order valence-electron chi connectivity index (χ3n) is 5.20. The summed E-state index contributed by atoms with van der Waals surface area (Å²) in [5, 5.41) is 6.61. The topological polar surface area (TPSA) is 77.0 Å². The van der Waals surface area contributed by atoms with Crippen LogP contribution in [0.1, 0.15) is 12.8 Å². The Labute approximate surface area is 196 Å². The number of benzene rings is 1. The van der Waals surface area contributed by atoms with E-state index in [1.807, 2.05) is 17.8 Å². The fraction of sp³-hybridized carbons (Fsp3) is 0.632. The Morgan fingerprint density at radius 2 is 1.79 bits per heavy atom. The third-order valence-corrected chi connectivity index (χ3v) is 8.01. The van der Waals surface area contributed by atoms with E-state index < -0.39 is 10.0 Å². The molecule has 0 amide bonds. The van der Waals surface area contributed by atoms with Crippen LogP contribution in [-0.2, 0) is 10.0 Å². The van der Waals surface area contributed by atoms with Gasteiger partial charge >= 0.3 is 0 Å². The lowest BCUT2D eigenvalue weighted by atomic mass is 10.0. The molecular weight excluding hydrogens is 521 g/mol. The van der Waals surface area contributed by atoms with Crippen LogP contribution >= 0.6 is 35.7 Å². The number of halogens is 1. The van der Waals surface area contributed by atoms with Crippen LogP contribution in [0.2, 0.25) is 0 Å². The van der Waals surface area contributed by atoms with Crippen LogP contribution in [0, 0.1) is 0 Å². The van der Waals surface area contributed by atoms with E-state index in [0.29, 0.717) is 31.6 Å². The van der Waals surface area contributed by atoms with Gasteiger partial charge in [0, 0.05) is 63.0 Å². The molecule has 1 aromatic rings. The summed E-state index contributed by atoms with van der Waals surface area (Å²) in [5.41, 5.74) is 1.27. The fourth-order valence-electron chi connectivity index (χ4n) is 3.56. The van der Waals surface area contributed by atoms with Crippen LogP contribution in [-0.4, -0.2) is 81.8 Å². The molecule has 164 valence electrons. The zero-order valence-electron chi connectivity index (χ0n) is 16.9. The van der Waals surface area contributed by atoms with E-state index in [4.69, 9.17) is 0 Å². The Balaban J connectivity index is 0.00000300. The Hall–Kier alpha value is -0.720. The first kappa shape index (κ1) is 24.5. The zero-order valence-corrected chi connectivity index (χ0v) is 20.9. The maximum absolute atomic E-state index is 12.4. The number of hydrogen-bond donors (Lipinski definition) is 2. The molecule has 7 nitrogen and oxygen atoms in total. The van der Waals surface area contributed by atoms with Gasteiger partial charge in [-0.15, -0.1) is 24.0 Å². The van der Waals surface area contributed by atoms with Crippen molar-refractivity contribution < 1.29 is 8.42 Å². The lowest BCUT2D eigenvalue weighted by molar-refractivity contribution is 0.442. The van der Waals surface area contributed by atoms with Crippen LogP contribution in [0.25, 0.3) is 0 Å². The highest BCUT2D eigenvalue weighted by atomic mass is 127. The number of guanidine groups is 1. The largest absolute Gasteiger partial charge is 0.371 e. The van der Waals surface area contributed by atoms with Crippen molar-refractivity contribution in [2.24, 2.45) is 4.99 Å². The van der Waals surface area contributed by atoms with Gasteiger partial charge in [0.1, 0.15) is 0 Å². The molecule has 29 heavy (non-hydrogen) atoms. The lowest BCUT2D eigenvalue weighted by Gasteiger charge is -2.34. The predicted molar refractivity (Wildman–Crippen MR) is 134 cm³/mol. The Kier molecular flexibility index (Phi) is 10.3. The molecule has 0 aromatic heterocycles. The van der Waals surface area contributed by atoms with Crippen LogP contribution in [0.5, 0.6) is 0 Å². The van der Waals surface area contributed by atoms with Gasteiger partial charge in [-0.3, -0.25) is 4.99 Å². The molecule has 0 saturated carbocycles. The van der Waals surface area contributed by atoms with E-state index in [0.717, 1.165) is 37.4 Å². The average Bonchev–Trinajstić information content (AvgIpc) is 2.74. The van der Waals surface area contributed by atoms with E-state index in [-0.39, 0.29) is 29.7 Å². The van der Waals surface area contributed by atoms with Gasteiger partial charge in [0.25, 0.3) is 0 Å². The van der Waals surface area contributed by atoms with Crippen molar-refractivity contribution in [1.29, 1.82) is 0 Å².